The number of para-hydroxylation sites is 2. The molecule has 1 heterocycles. The molecule has 0 aromatic heterocycles. The molecule has 0 radical (unpaired) electrons. The number of nitrogens with zero attached hydrogens (tertiary/aromatic N) is 2. The smallest absolute Gasteiger partial charge is 0.161 e. The van der Waals surface area contributed by atoms with Gasteiger partial charge in [0.25, 0.3) is 0 Å². The van der Waals surface area contributed by atoms with E-state index in [1.54, 1.807) is 7.11 Å². The molecule has 2 aromatic rings. The van der Waals surface area contributed by atoms with Crippen LogP contribution in [-0.2, 0) is 6.54 Å². The topological polar surface area (TPSA) is 45.2 Å². The van der Waals surface area contributed by atoms with E-state index < -0.39 is 6.10 Å². The van der Waals surface area contributed by atoms with E-state index in [1.165, 1.54) is 5.56 Å². The molecule has 1 atom stereocenters. The van der Waals surface area contributed by atoms with Crippen molar-refractivity contribution in [2.75, 3.05) is 46.4 Å². The molecule has 0 aliphatic carbocycles. The predicted octanol–water partition coefficient (Wildman–Crippen LogP) is 2.25. The largest absolute Gasteiger partial charge is 0.493 e. The van der Waals surface area contributed by atoms with Gasteiger partial charge in [-0.15, -0.1) is 0 Å². The Morgan fingerprint density at radius 1 is 0.885 bits per heavy atom. The zero-order valence-corrected chi connectivity index (χ0v) is 15.4. The van der Waals surface area contributed by atoms with Gasteiger partial charge in [-0.05, 0) is 17.7 Å². The minimum Gasteiger partial charge on any atom is -0.493 e. The first-order valence-electron chi connectivity index (χ1n) is 9.17. The van der Waals surface area contributed by atoms with E-state index >= 15 is 0 Å². The van der Waals surface area contributed by atoms with Crippen molar-refractivity contribution in [2.24, 2.45) is 0 Å². The molecule has 0 bridgehead atoms. The van der Waals surface area contributed by atoms with Crippen LogP contribution in [0, 0.1) is 0 Å². The lowest BCUT2D eigenvalue weighted by atomic mass is 10.2. The summed E-state index contributed by atoms with van der Waals surface area (Å²) in [6, 6.07) is 18.1. The van der Waals surface area contributed by atoms with Crippen LogP contribution in [0.1, 0.15) is 5.56 Å². The quantitative estimate of drug-likeness (QED) is 0.786. The minimum absolute atomic E-state index is 0.268. The Bertz CT molecular complexity index is 657. The van der Waals surface area contributed by atoms with Crippen LogP contribution in [0.3, 0.4) is 0 Å². The van der Waals surface area contributed by atoms with Crippen molar-refractivity contribution >= 4 is 0 Å². The van der Waals surface area contributed by atoms with E-state index in [4.69, 9.17) is 9.47 Å². The summed E-state index contributed by atoms with van der Waals surface area (Å²) in [5.74, 6) is 1.36. The van der Waals surface area contributed by atoms with Gasteiger partial charge in [0.1, 0.15) is 12.7 Å². The SMILES string of the molecule is COc1ccccc1OC[C@@H](O)CN1CCN(Cc2ccccc2)CC1. The number of aliphatic hydroxyl groups excluding tert-OH is 1. The number of methoxy groups -OCH3 is 1. The normalized spacial score (nSPS) is 17.0. The van der Waals surface area contributed by atoms with Crippen molar-refractivity contribution in [1.29, 1.82) is 0 Å². The number of β-amino-alcohol motifs (C(OH)–C–C–N with tert-alkyl or cyclic N) is 1. The average molecular weight is 356 g/mol. The second-order valence-electron chi connectivity index (χ2n) is 6.68. The van der Waals surface area contributed by atoms with Crippen molar-refractivity contribution in [2.45, 2.75) is 12.6 Å². The third-order valence-electron chi connectivity index (χ3n) is 4.68. The molecule has 0 amide bonds. The number of hydrogen-bond donors (Lipinski definition) is 1. The summed E-state index contributed by atoms with van der Waals surface area (Å²) in [4.78, 5) is 4.77. The second-order valence-corrected chi connectivity index (χ2v) is 6.68. The lowest BCUT2D eigenvalue weighted by Gasteiger charge is -2.35. The van der Waals surface area contributed by atoms with Crippen molar-refractivity contribution < 1.29 is 14.6 Å². The molecular formula is C21H28N2O3. The number of rotatable bonds is 8. The van der Waals surface area contributed by atoms with Gasteiger partial charge in [0.2, 0.25) is 0 Å². The second kappa shape index (κ2) is 9.57. The fraction of sp³-hybridized carbons (Fsp3) is 0.429. The van der Waals surface area contributed by atoms with Crippen LogP contribution in [0.5, 0.6) is 11.5 Å². The first kappa shape index (κ1) is 18.7. The Morgan fingerprint density at radius 3 is 2.19 bits per heavy atom. The van der Waals surface area contributed by atoms with E-state index in [0.717, 1.165) is 32.7 Å². The van der Waals surface area contributed by atoms with E-state index in [9.17, 15) is 5.11 Å². The van der Waals surface area contributed by atoms with Crippen LogP contribution >= 0.6 is 0 Å². The minimum atomic E-state index is -0.513. The zero-order chi connectivity index (χ0) is 18.2. The molecule has 2 aromatic carbocycles. The Morgan fingerprint density at radius 2 is 1.50 bits per heavy atom. The molecule has 1 aliphatic heterocycles. The maximum absolute atomic E-state index is 10.3. The monoisotopic (exact) mass is 356 g/mol. The Balaban J connectivity index is 1.38. The van der Waals surface area contributed by atoms with Crippen LogP contribution in [0.25, 0.3) is 0 Å². The lowest BCUT2D eigenvalue weighted by molar-refractivity contribution is 0.0440. The summed E-state index contributed by atoms with van der Waals surface area (Å²) >= 11 is 0. The third-order valence-corrected chi connectivity index (χ3v) is 4.68. The van der Waals surface area contributed by atoms with Gasteiger partial charge >= 0.3 is 0 Å². The molecule has 1 N–H and O–H groups in total. The van der Waals surface area contributed by atoms with Crippen LogP contribution in [-0.4, -0.2) is 67.5 Å². The maximum atomic E-state index is 10.3. The van der Waals surface area contributed by atoms with Gasteiger partial charge in [0.05, 0.1) is 7.11 Å². The van der Waals surface area contributed by atoms with Crippen LogP contribution in [0.4, 0.5) is 0 Å². The van der Waals surface area contributed by atoms with Gasteiger partial charge in [-0.2, -0.15) is 0 Å². The highest BCUT2D eigenvalue weighted by molar-refractivity contribution is 5.39. The van der Waals surface area contributed by atoms with Crippen molar-refractivity contribution in [3.8, 4) is 11.5 Å². The van der Waals surface area contributed by atoms with Crippen LogP contribution in [0.15, 0.2) is 54.6 Å². The van der Waals surface area contributed by atoms with Crippen molar-refractivity contribution in [3.63, 3.8) is 0 Å². The Kier molecular flexibility index (Phi) is 6.89. The molecule has 0 saturated carbocycles. The lowest BCUT2D eigenvalue weighted by Crippen LogP contribution is -2.48. The molecule has 1 saturated heterocycles. The molecule has 3 rings (SSSR count). The molecule has 5 heteroatoms. The fourth-order valence-electron chi connectivity index (χ4n) is 3.25. The highest BCUT2D eigenvalue weighted by atomic mass is 16.5. The molecule has 26 heavy (non-hydrogen) atoms. The number of aliphatic hydroxyl groups is 1. The van der Waals surface area contributed by atoms with Crippen LogP contribution in [0.2, 0.25) is 0 Å². The molecule has 0 spiro atoms. The molecule has 140 valence electrons. The van der Waals surface area contributed by atoms with Gasteiger partial charge in [-0.25, -0.2) is 0 Å². The Hall–Kier alpha value is -2.08. The van der Waals surface area contributed by atoms with Gasteiger partial charge in [-0.3, -0.25) is 9.80 Å². The van der Waals surface area contributed by atoms with Gasteiger partial charge in [0, 0.05) is 39.3 Å². The summed E-state index contributed by atoms with van der Waals surface area (Å²) in [5.41, 5.74) is 1.35. The first-order chi connectivity index (χ1) is 12.7. The van der Waals surface area contributed by atoms with E-state index in [2.05, 4.69) is 40.1 Å². The first-order valence-corrected chi connectivity index (χ1v) is 9.17. The van der Waals surface area contributed by atoms with Crippen LogP contribution < -0.4 is 9.47 Å². The van der Waals surface area contributed by atoms with E-state index in [1.807, 2.05) is 24.3 Å². The zero-order valence-electron chi connectivity index (χ0n) is 15.4. The Labute approximate surface area is 155 Å². The number of hydrogen-bond acceptors (Lipinski definition) is 5. The average Bonchev–Trinajstić information content (AvgIpc) is 2.69. The summed E-state index contributed by atoms with van der Waals surface area (Å²) in [7, 11) is 1.62. The molecule has 0 unspecified atom stereocenters. The maximum Gasteiger partial charge on any atom is 0.161 e. The summed E-state index contributed by atoms with van der Waals surface area (Å²) in [6.07, 6.45) is -0.513. The highest BCUT2D eigenvalue weighted by Gasteiger charge is 2.19. The number of ether oxygens (including phenoxy) is 2. The number of piperazine rings is 1. The number of benzene rings is 2. The molecule has 1 fully saturated rings. The standard InChI is InChI=1S/C21H28N2O3/c1-25-20-9-5-6-10-21(20)26-17-19(24)16-23-13-11-22(12-14-23)15-18-7-3-2-4-8-18/h2-10,19,24H,11-17H2,1H3/t19-/m0/s1. The summed E-state index contributed by atoms with van der Waals surface area (Å²) in [6.45, 7) is 5.88. The summed E-state index contributed by atoms with van der Waals surface area (Å²) < 4.78 is 11.0. The van der Waals surface area contributed by atoms with Gasteiger partial charge in [0.15, 0.2) is 11.5 Å². The van der Waals surface area contributed by atoms with E-state index in [0.29, 0.717) is 18.0 Å². The van der Waals surface area contributed by atoms with Gasteiger partial charge in [-0.1, -0.05) is 42.5 Å². The molecule has 1 aliphatic rings. The van der Waals surface area contributed by atoms with Crippen molar-refractivity contribution in [1.82, 2.24) is 9.80 Å². The van der Waals surface area contributed by atoms with Gasteiger partial charge < -0.3 is 14.6 Å². The van der Waals surface area contributed by atoms with Crippen molar-refractivity contribution in [3.05, 3.63) is 60.2 Å². The fourth-order valence-corrected chi connectivity index (χ4v) is 3.25. The highest BCUT2D eigenvalue weighted by Crippen LogP contribution is 2.25. The van der Waals surface area contributed by atoms with E-state index in [-0.39, 0.29) is 6.61 Å². The predicted molar refractivity (Wildman–Crippen MR) is 103 cm³/mol. The third kappa shape index (κ3) is 5.46. The molecular weight excluding hydrogens is 328 g/mol. The summed E-state index contributed by atoms with van der Waals surface area (Å²) in [5, 5.41) is 10.3. The molecule has 5 nitrogen and oxygen atoms in total.